The van der Waals surface area contributed by atoms with Gasteiger partial charge in [-0.2, -0.15) is 0 Å². The zero-order valence-corrected chi connectivity index (χ0v) is 22.3. The fraction of sp³-hybridized carbons (Fsp3) is 0.333. The normalized spacial score (nSPS) is 11.7. The fourth-order valence-corrected chi connectivity index (χ4v) is 19.2. The molecule has 0 unspecified atom stereocenters. The number of rotatable bonds is 2. The van der Waals surface area contributed by atoms with Crippen molar-refractivity contribution in [1.82, 2.24) is 0 Å². The predicted octanol–water partition coefficient (Wildman–Crippen LogP) is 2.05. The summed E-state index contributed by atoms with van der Waals surface area (Å²) in [5.74, 6) is 0. The van der Waals surface area contributed by atoms with Crippen molar-refractivity contribution in [3.63, 3.8) is 0 Å². The first-order valence-corrected chi connectivity index (χ1v) is 28.7. The van der Waals surface area contributed by atoms with Crippen molar-refractivity contribution in [2.24, 2.45) is 0 Å². The summed E-state index contributed by atoms with van der Waals surface area (Å²) < 4.78 is 3.40. The summed E-state index contributed by atoms with van der Waals surface area (Å²) in [7, 11) is -2.26. The van der Waals surface area contributed by atoms with Gasteiger partial charge in [0, 0.05) is 0 Å². The number of hydrogen-bond donors (Lipinski definition) is 0. The Bertz CT molecular complexity index is 633. The summed E-state index contributed by atoms with van der Waals surface area (Å²) in [4.78, 5) is 0. The summed E-state index contributed by atoms with van der Waals surface area (Å²) in [6.45, 7) is 14.6. The summed E-state index contributed by atoms with van der Waals surface area (Å²) in [5.41, 5.74) is 0. The second-order valence-electron chi connectivity index (χ2n) is 7.90. The first-order chi connectivity index (χ1) is 10.2. The molecule has 0 radical (unpaired) electrons. The predicted molar refractivity (Wildman–Crippen MR) is 110 cm³/mol. The van der Waals surface area contributed by atoms with Crippen molar-refractivity contribution in [3.8, 4) is 0 Å². The van der Waals surface area contributed by atoms with E-state index in [9.17, 15) is 0 Å². The van der Waals surface area contributed by atoms with Crippen molar-refractivity contribution >= 4 is 66.2 Å². The molecule has 0 N–H and O–H groups in total. The van der Waals surface area contributed by atoms with Crippen LogP contribution in [0.15, 0.2) is 48.5 Å². The van der Waals surface area contributed by atoms with Crippen LogP contribution in [0.2, 0.25) is 39.3 Å². The zero-order valence-electron chi connectivity index (χ0n) is 14.6. The number of benzene rings is 2. The van der Waals surface area contributed by atoms with Crippen LogP contribution in [0.5, 0.6) is 0 Å². The van der Waals surface area contributed by atoms with Gasteiger partial charge < -0.3 is 0 Å². The summed E-state index contributed by atoms with van der Waals surface area (Å²) in [6.07, 6.45) is 0. The van der Waals surface area contributed by atoms with E-state index in [4.69, 9.17) is 0 Å². The molecule has 2 aromatic carbocycles. The third kappa shape index (κ3) is 5.53. The third-order valence-electron chi connectivity index (χ3n) is 3.85. The molecule has 114 valence electrons. The summed E-state index contributed by atoms with van der Waals surface area (Å²) in [6, 6.07) is 19.4. The Balaban J connectivity index is 2.17. The average molecular weight is 536 g/mol. The van der Waals surface area contributed by atoms with Crippen LogP contribution >= 0.6 is 0 Å². The van der Waals surface area contributed by atoms with Crippen LogP contribution in [0.1, 0.15) is 0 Å². The Labute approximate surface area is 152 Å². The van der Waals surface area contributed by atoms with Crippen molar-refractivity contribution in [3.05, 3.63) is 48.5 Å². The summed E-state index contributed by atoms with van der Waals surface area (Å²) >= 11 is -0.633. The molecule has 22 heavy (non-hydrogen) atoms. The maximum absolute atomic E-state index is 2.44. The van der Waals surface area contributed by atoms with Crippen molar-refractivity contribution in [2.75, 3.05) is 0 Å². The SMILES string of the molecule is C[Si](C)(C)c1cc[c]([Sn]#[Sn][c]2ccc([Si](C)(C)C)cc2)cc1. The molecule has 0 amide bonds. The van der Waals surface area contributed by atoms with Crippen molar-refractivity contribution in [2.45, 2.75) is 39.3 Å². The third-order valence-corrected chi connectivity index (χ3v) is 25.3. The van der Waals surface area contributed by atoms with Gasteiger partial charge in [0.15, 0.2) is 0 Å². The molecule has 0 bridgehead atoms. The molecule has 0 aromatic heterocycles. The minimum atomic E-state index is -1.13. The van der Waals surface area contributed by atoms with Crippen LogP contribution in [0.25, 0.3) is 0 Å². The molecule has 0 aliphatic carbocycles. The molecular formula is C18H26Si2Sn2. The van der Waals surface area contributed by atoms with E-state index < -0.39 is 16.1 Å². The molecule has 0 fully saturated rings. The van der Waals surface area contributed by atoms with E-state index in [-0.39, 0.29) is 32.5 Å². The molecule has 2 rings (SSSR count). The van der Waals surface area contributed by atoms with Crippen LogP contribution in [-0.4, -0.2) is 48.7 Å². The van der Waals surface area contributed by atoms with Gasteiger partial charge in [-0.15, -0.1) is 0 Å². The first-order valence-electron chi connectivity index (χ1n) is 7.89. The topological polar surface area (TPSA) is 0 Å². The summed E-state index contributed by atoms with van der Waals surface area (Å²) in [5, 5.41) is 3.20. The maximum atomic E-state index is 2.44. The molecular weight excluding hydrogens is 510 g/mol. The van der Waals surface area contributed by atoms with Crippen LogP contribution < -0.4 is 17.5 Å². The van der Waals surface area contributed by atoms with Gasteiger partial charge in [-0.05, 0) is 0 Å². The first kappa shape index (κ1) is 18.8. The molecule has 2 aromatic rings. The van der Waals surface area contributed by atoms with E-state index in [2.05, 4.69) is 87.8 Å². The molecule has 0 aliphatic rings. The zero-order chi connectivity index (χ0) is 16.4. The molecule has 0 aliphatic heterocycles. The van der Waals surface area contributed by atoms with Crippen molar-refractivity contribution < 1.29 is 0 Å². The fourth-order valence-electron chi connectivity index (χ4n) is 2.25. The van der Waals surface area contributed by atoms with E-state index in [1.807, 2.05) is 0 Å². The monoisotopic (exact) mass is 538 g/mol. The van der Waals surface area contributed by atoms with Gasteiger partial charge in [-0.1, -0.05) is 0 Å². The van der Waals surface area contributed by atoms with Gasteiger partial charge in [-0.25, -0.2) is 0 Å². The van der Waals surface area contributed by atoms with Gasteiger partial charge >= 0.3 is 154 Å². The molecule has 4 heteroatoms. The van der Waals surface area contributed by atoms with E-state index in [1.54, 1.807) is 17.5 Å². The van der Waals surface area contributed by atoms with Crippen LogP contribution in [0.4, 0.5) is 0 Å². The second kappa shape index (κ2) is 7.57. The Morgan fingerprint density at radius 1 is 0.500 bits per heavy atom. The molecule has 0 spiro atoms. The molecule has 0 nitrogen and oxygen atoms in total. The van der Waals surface area contributed by atoms with Gasteiger partial charge in [0.1, 0.15) is 0 Å². The van der Waals surface area contributed by atoms with Crippen LogP contribution in [0, 0.1) is 0 Å². The van der Waals surface area contributed by atoms with Gasteiger partial charge in [0.05, 0.1) is 0 Å². The van der Waals surface area contributed by atoms with E-state index in [1.165, 1.54) is 0 Å². The molecule has 0 heterocycles. The van der Waals surface area contributed by atoms with E-state index in [0.29, 0.717) is 0 Å². The van der Waals surface area contributed by atoms with Crippen LogP contribution in [-0.2, 0) is 0 Å². The Hall–Kier alpha value is 0.471. The van der Waals surface area contributed by atoms with Gasteiger partial charge in [0.25, 0.3) is 0 Å². The average Bonchev–Trinajstić information content (AvgIpc) is 2.44. The van der Waals surface area contributed by atoms with E-state index >= 15 is 0 Å². The minimum absolute atomic E-state index is 0.316. The Kier molecular flexibility index (Phi) is 6.47. The second-order valence-corrected chi connectivity index (χ2v) is 32.4. The van der Waals surface area contributed by atoms with Crippen LogP contribution in [0.3, 0.4) is 0 Å². The Morgan fingerprint density at radius 3 is 1.00 bits per heavy atom. The molecule has 0 atom stereocenters. The van der Waals surface area contributed by atoms with Crippen molar-refractivity contribution in [1.29, 1.82) is 0 Å². The van der Waals surface area contributed by atoms with Gasteiger partial charge in [-0.3, -0.25) is 0 Å². The molecule has 0 saturated heterocycles. The quantitative estimate of drug-likeness (QED) is 0.517. The van der Waals surface area contributed by atoms with Gasteiger partial charge in [0.2, 0.25) is 0 Å². The Morgan fingerprint density at radius 2 is 0.773 bits per heavy atom. The van der Waals surface area contributed by atoms with E-state index in [0.717, 1.165) is 0 Å². The standard InChI is InChI=1S/2C9H13Si.2Sn/c2*1-10(2,3)9-7-5-4-6-8-9;;/h2*5-8H,1-3H3;;. The number of hydrogen-bond acceptors (Lipinski definition) is 0. The molecule has 0 saturated carbocycles.